The van der Waals surface area contributed by atoms with Gasteiger partial charge in [0.1, 0.15) is 0 Å². The Morgan fingerprint density at radius 3 is 2.62 bits per heavy atom. The van der Waals surface area contributed by atoms with E-state index in [0.29, 0.717) is 26.2 Å². The van der Waals surface area contributed by atoms with Gasteiger partial charge in [0.2, 0.25) is 11.8 Å². The Morgan fingerprint density at radius 1 is 1.48 bits per heavy atom. The van der Waals surface area contributed by atoms with Crippen molar-refractivity contribution in [1.82, 2.24) is 14.7 Å². The van der Waals surface area contributed by atoms with E-state index in [1.54, 1.807) is 23.8 Å². The van der Waals surface area contributed by atoms with E-state index in [9.17, 15) is 9.59 Å². The third-order valence-corrected chi connectivity index (χ3v) is 4.14. The zero-order valence-corrected chi connectivity index (χ0v) is 13.7. The van der Waals surface area contributed by atoms with Crippen molar-refractivity contribution in [3.63, 3.8) is 0 Å². The third kappa shape index (κ3) is 3.94. The fourth-order valence-electron chi connectivity index (χ4n) is 2.57. The van der Waals surface area contributed by atoms with Gasteiger partial charge in [0, 0.05) is 33.2 Å². The molecule has 6 heteroatoms. The molecule has 1 fully saturated rings. The van der Waals surface area contributed by atoms with Crippen LogP contribution >= 0.6 is 0 Å². The van der Waals surface area contributed by atoms with Gasteiger partial charge in [-0.05, 0) is 27.7 Å². The minimum Gasteiger partial charge on any atom is -0.343 e. The summed E-state index contributed by atoms with van der Waals surface area (Å²) in [5.41, 5.74) is -0.664. The highest BCUT2D eigenvalue weighted by Crippen LogP contribution is 2.21. The number of carbonyl (C=O) groups is 2. The summed E-state index contributed by atoms with van der Waals surface area (Å²) in [6, 6.07) is 2.15. The topological polar surface area (TPSA) is 67.7 Å². The minimum atomic E-state index is -0.664. The predicted molar refractivity (Wildman–Crippen MR) is 80.3 cm³/mol. The number of carbonyl (C=O) groups excluding carboxylic acids is 2. The first kappa shape index (κ1) is 17.4. The second-order valence-corrected chi connectivity index (χ2v) is 6.17. The fourth-order valence-corrected chi connectivity index (χ4v) is 2.57. The molecule has 1 atom stereocenters. The molecular weight excluding hydrogens is 268 g/mol. The molecule has 2 amide bonds. The van der Waals surface area contributed by atoms with E-state index < -0.39 is 5.54 Å². The minimum absolute atomic E-state index is 0.0231. The van der Waals surface area contributed by atoms with Crippen molar-refractivity contribution in [2.45, 2.75) is 33.2 Å². The first-order chi connectivity index (χ1) is 9.73. The zero-order chi connectivity index (χ0) is 16.2. The Bertz CT molecular complexity index is 441. The van der Waals surface area contributed by atoms with Crippen LogP contribution in [0.25, 0.3) is 0 Å². The number of piperazine rings is 1. The zero-order valence-electron chi connectivity index (χ0n) is 13.7. The van der Waals surface area contributed by atoms with Gasteiger partial charge < -0.3 is 9.80 Å². The Morgan fingerprint density at radius 2 is 2.10 bits per heavy atom. The summed E-state index contributed by atoms with van der Waals surface area (Å²) in [6.07, 6.45) is 0. The number of amides is 2. The molecular formula is C15H26N4O2. The van der Waals surface area contributed by atoms with E-state index in [1.807, 2.05) is 25.7 Å². The average Bonchev–Trinajstić information content (AvgIpc) is 2.45. The maximum absolute atomic E-state index is 12.4. The van der Waals surface area contributed by atoms with Gasteiger partial charge in [-0.1, -0.05) is 0 Å². The van der Waals surface area contributed by atoms with Crippen molar-refractivity contribution in [2.24, 2.45) is 5.92 Å². The molecule has 6 nitrogen and oxygen atoms in total. The molecule has 0 saturated carbocycles. The molecule has 0 spiro atoms. The highest BCUT2D eigenvalue weighted by molar-refractivity contribution is 5.87. The molecule has 0 unspecified atom stereocenters. The lowest BCUT2D eigenvalue weighted by Crippen LogP contribution is -2.63. The summed E-state index contributed by atoms with van der Waals surface area (Å²) in [5, 5.41) is 8.88. The molecule has 118 valence electrons. The van der Waals surface area contributed by atoms with Crippen LogP contribution in [0.2, 0.25) is 0 Å². The van der Waals surface area contributed by atoms with Crippen molar-refractivity contribution in [3.05, 3.63) is 0 Å². The van der Waals surface area contributed by atoms with Crippen molar-refractivity contribution in [3.8, 4) is 6.07 Å². The second kappa shape index (κ2) is 6.90. The summed E-state index contributed by atoms with van der Waals surface area (Å²) in [7, 11) is 1.79. The van der Waals surface area contributed by atoms with Crippen molar-refractivity contribution in [2.75, 3.05) is 39.8 Å². The van der Waals surface area contributed by atoms with E-state index in [4.69, 9.17) is 5.26 Å². The molecule has 1 aliphatic heterocycles. The lowest BCUT2D eigenvalue weighted by Gasteiger charge is -2.44. The smallest absolute Gasteiger partial charge is 0.242 e. The van der Waals surface area contributed by atoms with Gasteiger partial charge in [-0.15, -0.1) is 0 Å². The van der Waals surface area contributed by atoms with E-state index in [1.165, 1.54) is 0 Å². The molecule has 0 aromatic heterocycles. The van der Waals surface area contributed by atoms with Gasteiger partial charge in [-0.25, -0.2) is 0 Å². The normalized spacial score (nSPS) is 20.0. The molecule has 0 N–H and O–H groups in total. The van der Waals surface area contributed by atoms with Crippen molar-refractivity contribution >= 4 is 11.8 Å². The highest BCUT2D eigenvalue weighted by Gasteiger charge is 2.41. The van der Waals surface area contributed by atoms with Crippen LogP contribution in [0.15, 0.2) is 0 Å². The largest absolute Gasteiger partial charge is 0.343 e. The quantitative estimate of drug-likeness (QED) is 0.742. The van der Waals surface area contributed by atoms with Crippen molar-refractivity contribution in [1.29, 1.82) is 5.26 Å². The highest BCUT2D eigenvalue weighted by atomic mass is 16.2. The standard InChI is InChI=1S/C15H26N4O2/c1-6-18(10-12(2)9-16)13(20)11-19-8-7-17(5)14(21)15(19,3)4/h12H,6-8,10-11H2,1-5H3/t12-/m0/s1. The number of hydrogen-bond donors (Lipinski definition) is 0. The van der Waals surface area contributed by atoms with E-state index in [0.717, 1.165) is 0 Å². The van der Waals surface area contributed by atoms with Gasteiger partial charge in [-0.2, -0.15) is 5.26 Å². The number of hydrogen-bond acceptors (Lipinski definition) is 4. The van der Waals surface area contributed by atoms with Crippen LogP contribution in [-0.2, 0) is 9.59 Å². The lowest BCUT2D eigenvalue weighted by molar-refractivity contribution is -0.150. The van der Waals surface area contributed by atoms with Crippen LogP contribution in [0.3, 0.4) is 0 Å². The number of nitriles is 1. The van der Waals surface area contributed by atoms with Crippen LogP contribution in [-0.4, -0.2) is 71.8 Å². The first-order valence-corrected chi connectivity index (χ1v) is 7.42. The van der Waals surface area contributed by atoms with E-state index in [2.05, 4.69) is 6.07 Å². The van der Waals surface area contributed by atoms with Crippen molar-refractivity contribution < 1.29 is 9.59 Å². The molecule has 0 aliphatic carbocycles. The van der Waals surface area contributed by atoms with Crippen LogP contribution in [0.4, 0.5) is 0 Å². The van der Waals surface area contributed by atoms with E-state index in [-0.39, 0.29) is 24.3 Å². The van der Waals surface area contributed by atoms with Gasteiger partial charge in [0.05, 0.1) is 24.1 Å². The maximum atomic E-state index is 12.4. The Kier molecular flexibility index (Phi) is 5.73. The van der Waals surface area contributed by atoms with Gasteiger partial charge in [0.15, 0.2) is 0 Å². The monoisotopic (exact) mass is 294 g/mol. The van der Waals surface area contributed by atoms with Crippen LogP contribution in [0, 0.1) is 17.2 Å². The Hall–Kier alpha value is -1.61. The second-order valence-electron chi connectivity index (χ2n) is 6.17. The SMILES string of the molecule is CCN(C[C@@H](C)C#N)C(=O)CN1CCN(C)C(=O)C1(C)C. The molecule has 0 aromatic rings. The molecule has 21 heavy (non-hydrogen) atoms. The van der Waals surface area contributed by atoms with E-state index >= 15 is 0 Å². The molecule has 0 aromatic carbocycles. The maximum Gasteiger partial charge on any atom is 0.242 e. The Labute approximate surface area is 127 Å². The van der Waals surface area contributed by atoms with Crippen LogP contribution in [0.1, 0.15) is 27.7 Å². The number of rotatable bonds is 5. The summed E-state index contributed by atoms with van der Waals surface area (Å²) in [6.45, 7) is 9.97. The van der Waals surface area contributed by atoms with Crippen LogP contribution in [0.5, 0.6) is 0 Å². The molecule has 1 saturated heterocycles. The summed E-state index contributed by atoms with van der Waals surface area (Å²) in [5.74, 6) is -0.170. The number of nitrogens with zero attached hydrogens (tertiary/aromatic N) is 4. The molecule has 1 aliphatic rings. The lowest BCUT2D eigenvalue weighted by atomic mass is 9.97. The predicted octanol–water partition coefficient (Wildman–Crippen LogP) is 0.547. The molecule has 0 radical (unpaired) electrons. The summed E-state index contributed by atoms with van der Waals surface area (Å²) < 4.78 is 0. The summed E-state index contributed by atoms with van der Waals surface area (Å²) in [4.78, 5) is 30.0. The van der Waals surface area contributed by atoms with Gasteiger partial charge in [0.25, 0.3) is 0 Å². The molecule has 1 rings (SSSR count). The molecule has 1 heterocycles. The van der Waals surface area contributed by atoms with Gasteiger partial charge in [-0.3, -0.25) is 14.5 Å². The van der Waals surface area contributed by atoms with Crippen LogP contribution < -0.4 is 0 Å². The molecule has 0 bridgehead atoms. The third-order valence-electron chi connectivity index (χ3n) is 4.14. The van der Waals surface area contributed by atoms with Gasteiger partial charge >= 0.3 is 0 Å². The first-order valence-electron chi connectivity index (χ1n) is 7.42. The summed E-state index contributed by atoms with van der Waals surface area (Å²) >= 11 is 0. The fraction of sp³-hybridized carbons (Fsp3) is 0.800. The Balaban J connectivity index is 2.73. The number of likely N-dealkylation sites (N-methyl/N-ethyl adjacent to an activating group) is 2. The average molecular weight is 294 g/mol.